The van der Waals surface area contributed by atoms with Crippen molar-refractivity contribution in [2.24, 2.45) is 0 Å². The summed E-state index contributed by atoms with van der Waals surface area (Å²) in [5.74, 6) is 1.04. The van der Waals surface area contributed by atoms with E-state index in [2.05, 4.69) is 92.3 Å². The predicted octanol–water partition coefficient (Wildman–Crippen LogP) is 12.5. The minimum Gasteiger partial charge on any atom is -0.416 e. The third-order valence-corrected chi connectivity index (χ3v) is 15.5. The Labute approximate surface area is 434 Å². The first kappa shape index (κ1) is 57.7. The Kier molecular flexibility index (Phi) is 21.1. The molecule has 1 aliphatic carbocycles. The SMILES string of the molecule is Brc1ccc(-c2nnc(-c3ccc(Br)cc3)o2)cc1.CCCCCCCCC1(CCCCCCCC)c2cc(CC(C)(OB(O)O)C(C)(C)O)ccc2-c2ccc(CC(C)(OB(O)O)C(C)(C)O)cc21. The van der Waals surface area contributed by atoms with Crippen LogP contribution in [0.5, 0.6) is 0 Å². The van der Waals surface area contributed by atoms with Crippen LogP contribution in [0, 0.1) is 0 Å². The van der Waals surface area contributed by atoms with Gasteiger partial charge in [-0.1, -0.05) is 159 Å². The van der Waals surface area contributed by atoms with Gasteiger partial charge in [-0.2, -0.15) is 0 Å². The molecule has 15 heteroatoms. The Balaban J connectivity index is 0.000000395. The van der Waals surface area contributed by atoms with E-state index in [1.807, 2.05) is 48.5 Å². The number of aromatic nitrogens is 2. The summed E-state index contributed by atoms with van der Waals surface area (Å²) >= 11 is 6.79. The monoisotopic (exact) mass is 1090 g/mol. The van der Waals surface area contributed by atoms with E-state index in [-0.39, 0.29) is 18.3 Å². The van der Waals surface area contributed by atoms with Gasteiger partial charge in [-0.15, -0.1) is 10.2 Å². The molecule has 11 nitrogen and oxygen atoms in total. The van der Waals surface area contributed by atoms with Crippen LogP contribution in [-0.4, -0.2) is 77.6 Å². The van der Waals surface area contributed by atoms with Crippen LogP contribution in [-0.2, 0) is 27.6 Å². The summed E-state index contributed by atoms with van der Waals surface area (Å²) in [5, 5.41) is 69.6. The van der Waals surface area contributed by atoms with Crippen molar-refractivity contribution in [3.63, 3.8) is 0 Å². The fraction of sp³-hybridized carbons (Fsp3) is 0.527. The van der Waals surface area contributed by atoms with E-state index < -0.39 is 37.0 Å². The Bertz CT molecular complexity index is 2220. The van der Waals surface area contributed by atoms with E-state index in [4.69, 9.17) is 13.7 Å². The molecule has 2 atom stereocenters. The summed E-state index contributed by atoms with van der Waals surface area (Å²) in [4.78, 5) is 0. The van der Waals surface area contributed by atoms with E-state index >= 15 is 0 Å². The van der Waals surface area contributed by atoms with Crippen molar-refractivity contribution < 1.29 is 44.0 Å². The fourth-order valence-corrected chi connectivity index (χ4v) is 10.1. The first-order chi connectivity index (χ1) is 33.0. The lowest BCUT2D eigenvalue weighted by Gasteiger charge is -2.41. The maximum atomic E-state index is 11.1. The molecule has 0 amide bonds. The summed E-state index contributed by atoms with van der Waals surface area (Å²) in [7, 11) is -4.05. The summed E-state index contributed by atoms with van der Waals surface area (Å²) in [6.07, 6.45) is 16.8. The molecule has 0 fully saturated rings. The first-order valence-electron chi connectivity index (χ1n) is 25.2. The second-order valence-electron chi connectivity index (χ2n) is 20.6. The second-order valence-corrected chi connectivity index (χ2v) is 22.5. The van der Waals surface area contributed by atoms with Crippen LogP contribution < -0.4 is 0 Å². The smallest absolute Gasteiger partial charge is 0.416 e. The van der Waals surface area contributed by atoms with Gasteiger partial charge < -0.3 is 44.0 Å². The molecule has 70 heavy (non-hydrogen) atoms. The van der Waals surface area contributed by atoms with Crippen LogP contribution in [0.25, 0.3) is 34.0 Å². The molecular formula is C55H76B2Br2N2O9. The average molecular weight is 1090 g/mol. The number of hydrogen-bond donors (Lipinski definition) is 6. The summed E-state index contributed by atoms with van der Waals surface area (Å²) < 4.78 is 18.9. The minimum atomic E-state index is -2.02. The number of rotatable bonds is 26. The molecule has 2 unspecified atom stereocenters. The van der Waals surface area contributed by atoms with Crippen molar-refractivity contribution in [2.45, 2.75) is 186 Å². The highest BCUT2D eigenvalue weighted by atomic mass is 79.9. The zero-order chi connectivity index (χ0) is 51.3. The number of benzene rings is 4. The summed E-state index contributed by atoms with van der Waals surface area (Å²) in [6.45, 7) is 14.4. The molecule has 5 aromatic rings. The maximum Gasteiger partial charge on any atom is 0.634 e. The lowest BCUT2D eigenvalue weighted by Crippen LogP contribution is -2.54. The number of unbranched alkanes of at least 4 members (excludes halogenated alkanes) is 10. The van der Waals surface area contributed by atoms with Crippen molar-refractivity contribution in [1.82, 2.24) is 10.2 Å². The van der Waals surface area contributed by atoms with E-state index in [9.17, 15) is 30.3 Å². The molecule has 0 bridgehead atoms. The largest absolute Gasteiger partial charge is 0.634 e. The molecule has 380 valence electrons. The molecule has 1 heterocycles. The zero-order valence-corrected chi connectivity index (χ0v) is 45.8. The number of aliphatic hydroxyl groups is 2. The Morgan fingerprint density at radius 3 is 1.19 bits per heavy atom. The van der Waals surface area contributed by atoms with Gasteiger partial charge in [0.15, 0.2) is 0 Å². The summed E-state index contributed by atoms with van der Waals surface area (Å²) in [6, 6.07) is 28.5. The molecule has 0 spiro atoms. The third kappa shape index (κ3) is 15.2. The van der Waals surface area contributed by atoms with E-state index in [0.29, 0.717) is 11.8 Å². The molecule has 6 N–H and O–H groups in total. The van der Waals surface area contributed by atoms with Gasteiger partial charge in [-0.05, 0) is 136 Å². The molecule has 0 radical (unpaired) electrons. The number of hydrogen-bond acceptors (Lipinski definition) is 11. The molecule has 0 saturated carbocycles. The zero-order valence-electron chi connectivity index (χ0n) is 42.6. The summed E-state index contributed by atoms with van der Waals surface area (Å²) in [5.41, 5.74) is 3.02. The molecule has 1 aromatic heterocycles. The Morgan fingerprint density at radius 1 is 0.514 bits per heavy atom. The second kappa shape index (κ2) is 25.6. The van der Waals surface area contributed by atoms with E-state index in [0.717, 1.165) is 69.7 Å². The number of fused-ring (bicyclic) bond motifs is 3. The average Bonchev–Trinajstić information content (AvgIpc) is 3.87. The van der Waals surface area contributed by atoms with Crippen LogP contribution >= 0.6 is 31.9 Å². The third-order valence-electron chi connectivity index (χ3n) is 14.4. The standard InChI is InChI=1S/C41H68B2O8.C14H8Br2N2O/c1-9-11-13-15-17-19-25-41(26-20-18-16-14-12-10-2)35-27-31(29-39(7,37(3,4)44)50-42(46)47)21-23-33(35)34-24-22-32(28-36(34)41)30-40(8,38(5,6)45)51-43(48)49;15-11-5-1-9(2-6-11)13-17-18-14(19-13)10-3-7-12(16)8-4-10/h21-24,27-28,44-49H,9-20,25-26,29-30H2,1-8H3;1-8H. The molecule has 1 aliphatic rings. The highest BCUT2D eigenvalue weighted by molar-refractivity contribution is 9.10. The van der Waals surface area contributed by atoms with Crippen molar-refractivity contribution in [1.29, 1.82) is 0 Å². The van der Waals surface area contributed by atoms with Gasteiger partial charge in [-0.25, -0.2) is 0 Å². The Hall–Kier alpha value is -3.21. The van der Waals surface area contributed by atoms with Crippen molar-refractivity contribution in [2.75, 3.05) is 0 Å². The van der Waals surface area contributed by atoms with Gasteiger partial charge in [0.25, 0.3) is 0 Å². The van der Waals surface area contributed by atoms with Crippen LogP contribution in [0.15, 0.2) is 98.3 Å². The minimum absolute atomic E-state index is 0.276. The molecule has 0 aliphatic heterocycles. The van der Waals surface area contributed by atoms with E-state index in [1.165, 1.54) is 73.6 Å². The fourth-order valence-electron chi connectivity index (χ4n) is 9.58. The van der Waals surface area contributed by atoms with E-state index in [1.54, 1.807) is 41.5 Å². The van der Waals surface area contributed by atoms with Gasteiger partial charge in [0, 0.05) is 38.3 Å². The molecule has 0 saturated heterocycles. The predicted molar refractivity (Wildman–Crippen MR) is 289 cm³/mol. The number of halogens is 2. The van der Waals surface area contributed by atoms with Crippen LogP contribution in [0.1, 0.15) is 168 Å². The number of nitrogens with zero attached hydrogens (tertiary/aromatic N) is 2. The van der Waals surface area contributed by atoms with Gasteiger partial charge in [0.05, 0.1) is 22.4 Å². The van der Waals surface area contributed by atoms with Crippen molar-refractivity contribution >= 4 is 46.5 Å². The highest BCUT2D eigenvalue weighted by Crippen LogP contribution is 2.55. The quantitative estimate of drug-likeness (QED) is 0.0229. The van der Waals surface area contributed by atoms with Gasteiger partial charge in [-0.3, -0.25) is 0 Å². The topological polar surface area (TPSA) is 179 Å². The van der Waals surface area contributed by atoms with Gasteiger partial charge in [0.2, 0.25) is 11.8 Å². The molecule has 6 rings (SSSR count). The van der Waals surface area contributed by atoms with Gasteiger partial charge >= 0.3 is 14.6 Å². The van der Waals surface area contributed by atoms with Crippen molar-refractivity contribution in [3.8, 4) is 34.0 Å². The van der Waals surface area contributed by atoms with Crippen LogP contribution in [0.4, 0.5) is 0 Å². The normalized spacial score (nSPS) is 14.8. The molecular weight excluding hydrogens is 1010 g/mol. The van der Waals surface area contributed by atoms with Crippen LogP contribution in [0.2, 0.25) is 0 Å². The maximum absolute atomic E-state index is 11.1. The highest BCUT2D eigenvalue weighted by Gasteiger charge is 2.47. The van der Waals surface area contributed by atoms with Crippen molar-refractivity contribution in [3.05, 3.63) is 116 Å². The Morgan fingerprint density at radius 2 is 0.857 bits per heavy atom. The first-order valence-corrected chi connectivity index (χ1v) is 26.8. The molecule has 4 aromatic carbocycles. The lowest BCUT2D eigenvalue weighted by molar-refractivity contribution is -0.120. The van der Waals surface area contributed by atoms with Gasteiger partial charge in [0.1, 0.15) is 0 Å². The van der Waals surface area contributed by atoms with Crippen LogP contribution in [0.3, 0.4) is 0 Å². The lowest BCUT2D eigenvalue weighted by atomic mass is 9.69.